The van der Waals surface area contributed by atoms with Crippen molar-refractivity contribution < 1.29 is 13.5 Å². The molecule has 2 aromatic heterocycles. The van der Waals surface area contributed by atoms with E-state index < -0.39 is 10.0 Å². The molecule has 2 N–H and O–H groups in total. The lowest BCUT2D eigenvalue weighted by atomic mass is 9.94. The number of hydrogen-bond acceptors (Lipinski definition) is 5. The highest BCUT2D eigenvalue weighted by Crippen LogP contribution is 2.44. The minimum Gasteiger partial charge on any atom is -0.393 e. The first-order chi connectivity index (χ1) is 14.3. The number of aliphatic hydroxyl groups is 1. The quantitative estimate of drug-likeness (QED) is 0.581. The first kappa shape index (κ1) is 20.5. The van der Waals surface area contributed by atoms with Gasteiger partial charge in [-0.3, -0.25) is 4.40 Å². The maximum Gasteiger partial charge on any atom is 0.242 e. The smallest absolute Gasteiger partial charge is 0.242 e. The monoisotopic (exact) mass is 465 g/mol. The van der Waals surface area contributed by atoms with Crippen molar-refractivity contribution >= 4 is 37.9 Å². The normalized spacial score (nSPS) is 22.6. The lowest BCUT2D eigenvalue weighted by molar-refractivity contribution is 0.120. The molecule has 0 spiro atoms. The summed E-state index contributed by atoms with van der Waals surface area (Å²) >= 11 is 8.02. The van der Waals surface area contributed by atoms with Crippen molar-refractivity contribution in [1.82, 2.24) is 14.1 Å². The average Bonchev–Trinajstić information content (AvgIpc) is 3.40. The Balaban J connectivity index is 1.50. The van der Waals surface area contributed by atoms with Gasteiger partial charge in [0.2, 0.25) is 10.0 Å². The topological polar surface area (TPSA) is 83.7 Å². The van der Waals surface area contributed by atoms with E-state index >= 15 is 0 Å². The number of thiazole rings is 1. The lowest BCUT2D eigenvalue weighted by Crippen LogP contribution is -2.38. The summed E-state index contributed by atoms with van der Waals surface area (Å²) in [5, 5.41) is 9.87. The van der Waals surface area contributed by atoms with E-state index in [9.17, 15) is 13.5 Å². The fourth-order valence-corrected chi connectivity index (χ4v) is 7.24. The summed E-state index contributed by atoms with van der Waals surface area (Å²) in [6.07, 6.45) is 6.72. The third-order valence-electron chi connectivity index (χ3n) is 6.01. The van der Waals surface area contributed by atoms with Gasteiger partial charge in [-0.2, -0.15) is 0 Å². The molecule has 2 heterocycles. The zero-order valence-electron chi connectivity index (χ0n) is 16.6. The first-order valence-corrected chi connectivity index (χ1v) is 13.0. The van der Waals surface area contributed by atoms with E-state index in [-0.39, 0.29) is 22.1 Å². The van der Waals surface area contributed by atoms with Crippen molar-refractivity contribution in [3.8, 4) is 11.3 Å². The molecule has 6 nitrogen and oxygen atoms in total. The summed E-state index contributed by atoms with van der Waals surface area (Å²) in [7, 11) is -3.78. The molecule has 2 aliphatic rings. The zero-order chi connectivity index (χ0) is 21.0. The number of nitrogens with one attached hydrogen (secondary N) is 1. The summed E-state index contributed by atoms with van der Waals surface area (Å²) in [5.41, 5.74) is 2.55. The second kappa shape index (κ2) is 7.60. The van der Waals surface area contributed by atoms with E-state index in [1.807, 2.05) is 13.0 Å². The SMILES string of the molecule is Cc1nc2sc(C3CC3)cn2c1-c1ccc(Cl)c(S(=O)(=O)N[C@H]2CC[C@@H](O)CC2)c1. The van der Waals surface area contributed by atoms with Gasteiger partial charge in [0.15, 0.2) is 4.96 Å². The Morgan fingerprint density at radius 2 is 1.93 bits per heavy atom. The Hall–Kier alpha value is -1.45. The summed E-state index contributed by atoms with van der Waals surface area (Å²) in [6.45, 7) is 1.94. The Morgan fingerprint density at radius 1 is 1.20 bits per heavy atom. The van der Waals surface area contributed by atoms with Gasteiger partial charge in [-0.25, -0.2) is 18.1 Å². The second-order valence-corrected chi connectivity index (χ2v) is 11.5. The number of fused-ring (bicyclic) bond motifs is 1. The largest absolute Gasteiger partial charge is 0.393 e. The summed E-state index contributed by atoms with van der Waals surface area (Å²) in [4.78, 5) is 7.05. The first-order valence-electron chi connectivity index (χ1n) is 10.3. The lowest BCUT2D eigenvalue weighted by Gasteiger charge is -2.26. The zero-order valence-corrected chi connectivity index (χ0v) is 19.0. The number of nitrogens with zero attached hydrogens (tertiary/aromatic N) is 2. The molecule has 0 aliphatic heterocycles. The summed E-state index contributed by atoms with van der Waals surface area (Å²) < 4.78 is 31.0. The van der Waals surface area contributed by atoms with Crippen LogP contribution in [0.15, 0.2) is 29.3 Å². The highest BCUT2D eigenvalue weighted by atomic mass is 35.5. The molecule has 0 atom stereocenters. The third kappa shape index (κ3) is 3.80. The van der Waals surface area contributed by atoms with Crippen molar-refractivity contribution in [1.29, 1.82) is 0 Å². The number of benzene rings is 1. The predicted octanol–water partition coefficient (Wildman–Crippen LogP) is 4.48. The maximum atomic E-state index is 13.1. The van der Waals surface area contributed by atoms with E-state index in [4.69, 9.17) is 16.6 Å². The molecule has 1 aromatic carbocycles. The van der Waals surface area contributed by atoms with Crippen LogP contribution in [0.2, 0.25) is 5.02 Å². The highest BCUT2D eigenvalue weighted by Gasteiger charge is 2.29. The molecule has 0 amide bonds. The van der Waals surface area contributed by atoms with E-state index in [1.165, 1.54) is 17.7 Å². The van der Waals surface area contributed by atoms with Crippen LogP contribution >= 0.6 is 22.9 Å². The van der Waals surface area contributed by atoms with Gasteiger partial charge in [0, 0.05) is 22.7 Å². The Morgan fingerprint density at radius 3 is 2.63 bits per heavy atom. The number of imidazole rings is 1. The van der Waals surface area contributed by atoms with Crippen LogP contribution in [0.4, 0.5) is 0 Å². The van der Waals surface area contributed by atoms with Gasteiger partial charge in [0.25, 0.3) is 0 Å². The van der Waals surface area contributed by atoms with E-state index in [0.29, 0.717) is 31.6 Å². The second-order valence-electron chi connectivity index (χ2n) is 8.38. The molecule has 2 saturated carbocycles. The molecule has 0 saturated heterocycles. The molecule has 2 aliphatic carbocycles. The van der Waals surface area contributed by atoms with Crippen LogP contribution in [0.1, 0.15) is 55.0 Å². The number of halogens is 1. The molecule has 5 rings (SSSR count). The fraction of sp³-hybridized carbons (Fsp3) is 0.476. The Bertz CT molecular complexity index is 1210. The number of sulfonamides is 1. The molecule has 9 heteroatoms. The summed E-state index contributed by atoms with van der Waals surface area (Å²) in [6, 6.07) is 4.96. The Labute approximate surface area is 185 Å². The molecule has 0 radical (unpaired) electrons. The third-order valence-corrected chi connectivity index (χ3v) is 9.16. The van der Waals surface area contributed by atoms with Crippen molar-refractivity contribution in [3.63, 3.8) is 0 Å². The predicted molar refractivity (Wildman–Crippen MR) is 119 cm³/mol. The van der Waals surface area contributed by atoms with Gasteiger partial charge in [-0.15, -0.1) is 11.3 Å². The van der Waals surface area contributed by atoms with Crippen LogP contribution in [0.3, 0.4) is 0 Å². The van der Waals surface area contributed by atoms with Crippen LogP contribution < -0.4 is 4.72 Å². The highest BCUT2D eigenvalue weighted by molar-refractivity contribution is 7.89. The maximum absolute atomic E-state index is 13.1. The molecule has 2 fully saturated rings. The van der Waals surface area contributed by atoms with Crippen molar-refractivity contribution in [2.45, 2.75) is 68.4 Å². The van der Waals surface area contributed by atoms with Gasteiger partial charge in [-0.05, 0) is 63.5 Å². The number of hydrogen-bond donors (Lipinski definition) is 2. The molecule has 30 heavy (non-hydrogen) atoms. The number of aliphatic hydroxyl groups excluding tert-OH is 1. The molecule has 3 aromatic rings. The van der Waals surface area contributed by atoms with Gasteiger partial charge >= 0.3 is 0 Å². The number of rotatable bonds is 5. The average molecular weight is 466 g/mol. The van der Waals surface area contributed by atoms with Crippen LogP contribution in [0.5, 0.6) is 0 Å². The van der Waals surface area contributed by atoms with Crippen LogP contribution in [0.25, 0.3) is 16.2 Å². The molecular formula is C21H24ClN3O3S2. The van der Waals surface area contributed by atoms with E-state index in [1.54, 1.807) is 23.5 Å². The molecule has 0 unspecified atom stereocenters. The number of aromatic nitrogens is 2. The van der Waals surface area contributed by atoms with Crippen molar-refractivity contribution in [2.75, 3.05) is 0 Å². The van der Waals surface area contributed by atoms with Crippen molar-refractivity contribution in [3.05, 3.63) is 40.0 Å². The van der Waals surface area contributed by atoms with Gasteiger partial charge in [-0.1, -0.05) is 17.7 Å². The molecule has 0 bridgehead atoms. The van der Waals surface area contributed by atoms with Crippen LogP contribution in [0, 0.1) is 6.92 Å². The standard InChI is InChI=1S/C21H24ClN3O3S2/c1-12-20(25-11-18(13-2-3-13)29-21(25)23-12)14-4-9-17(22)19(10-14)30(27,28)24-15-5-7-16(26)8-6-15/h4,9-11,13,15-16,24,26H,2-3,5-8H2,1H3/t15-,16+. The van der Waals surface area contributed by atoms with Crippen LogP contribution in [-0.2, 0) is 10.0 Å². The minimum absolute atomic E-state index is 0.0831. The van der Waals surface area contributed by atoms with Crippen molar-refractivity contribution in [2.24, 2.45) is 0 Å². The fourth-order valence-electron chi connectivity index (χ4n) is 4.21. The van der Waals surface area contributed by atoms with Crippen LogP contribution in [-0.4, -0.2) is 35.1 Å². The molecule has 160 valence electrons. The van der Waals surface area contributed by atoms with E-state index in [2.05, 4.69) is 15.3 Å². The van der Waals surface area contributed by atoms with Gasteiger partial charge in [0.05, 0.1) is 22.5 Å². The Kier molecular flexibility index (Phi) is 5.18. The van der Waals surface area contributed by atoms with E-state index in [0.717, 1.165) is 21.9 Å². The molecular weight excluding hydrogens is 442 g/mol. The summed E-state index contributed by atoms with van der Waals surface area (Å²) in [5.74, 6) is 0.643. The minimum atomic E-state index is -3.78. The van der Waals surface area contributed by atoms with Gasteiger partial charge < -0.3 is 5.11 Å². The van der Waals surface area contributed by atoms with Gasteiger partial charge in [0.1, 0.15) is 4.90 Å². The number of aryl methyl sites for hydroxylation is 1.